The van der Waals surface area contributed by atoms with Gasteiger partial charge in [-0.05, 0) is 42.0 Å². The SMILES string of the molecule is CCC1C=CC(c2ccncc2)=CC=CC1. The first-order valence-corrected chi connectivity index (χ1v) is 5.85. The Morgan fingerprint density at radius 3 is 2.88 bits per heavy atom. The Morgan fingerprint density at radius 2 is 2.12 bits per heavy atom. The van der Waals surface area contributed by atoms with Gasteiger partial charge in [-0.1, -0.05) is 37.3 Å². The second-order valence-corrected chi connectivity index (χ2v) is 4.05. The summed E-state index contributed by atoms with van der Waals surface area (Å²) in [5.41, 5.74) is 2.49. The third-order valence-corrected chi connectivity index (χ3v) is 2.94. The van der Waals surface area contributed by atoms with E-state index < -0.39 is 0 Å². The highest BCUT2D eigenvalue weighted by molar-refractivity contribution is 5.75. The summed E-state index contributed by atoms with van der Waals surface area (Å²) in [6, 6.07) is 4.10. The van der Waals surface area contributed by atoms with Gasteiger partial charge in [0.25, 0.3) is 0 Å². The predicted molar refractivity (Wildman–Crippen MR) is 68.9 cm³/mol. The van der Waals surface area contributed by atoms with E-state index in [1.807, 2.05) is 24.5 Å². The summed E-state index contributed by atoms with van der Waals surface area (Å²) in [6.07, 6.45) is 17.1. The van der Waals surface area contributed by atoms with Crippen molar-refractivity contribution < 1.29 is 0 Å². The molecule has 0 radical (unpaired) electrons. The van der Waals surface area contributed by atoms with Gasteiger partial charge in [0.05, 0.1) is 0 Å². The fourth-order valence-corrected chi connectivity index (χ4v) is 1.84. The standard InChI is InChI=1S/C15H17N/c1-2-13-5-3-4-6-14(8-7-13)15-9-11-16-12-10-15/h3-4,6-13H,2,5H2,1H3. The number of allylic oxidation sites excluding steroid dienone is 6. The van der Waals surface area contributed by atoms with Gasteiger partial charge in [0.2, 0.25) is 0 Å². The molecule has 82 valence electrons. The van der Waals surface area contributed by atoms with Crippen LogP contribution in [0.3, 0.4) is 0 Å². The van der Waals surface area contributed by atoms with Gasteiger partial charge in [-0.3, -0.25) is 4.98 Å². The number of nitrogens with zero attached hydrogens (tertiary/aromatic N) is 1. The molecule has 1 aliphatic carbocycles. The van der Waals surface area contributed by atoms with Crippen LogP contribution in [0.4, 0.5) is 0 Å². The van der Waals surface area contributed by atoms with Crippen LogP contribution >= 0.6 is 0 Å². The van der Waals surface area contributed by atoms with Crippen molar-refractivity contribution in [3.8, 4) is 0 Å². The van der Waals surface area contributed by atoms with Crippen LogP contribution < -0.4 is 0 Å². The van der Waals surface area contributed by atoms with Crippen molar-refractivity contribution in [3.63, 3.8) is 0 Å². The lowest BCUT2D eigenvalue weighted by Crippen LogP contribution is -1.93. The van der Waals surface area contributed by atoms with Gasteiger partial charge in [-0.15, -0.1) is 0 Å². The van der Waals surface area contributed by atoms with Crippen molar-refractivity contribution in [1.29, 1.82) is 0 Å². The van der Waals surface area contributed by atoms with Gasteiger partial charge in [-0.2, -0.15) is 0 Å². The fraction of sp³-hybridized carbons (Fsp3) is 0.267. The van der Waals surface area contributed by atoms with Gasteiger partial charge >= 0.3 is 0 Å². The molecule has 1 aromatic rings. The summed E-state index contributed by atoms with van der Waals surface area (Å²) in [6.45, 7) is 2.24. The molecule has 0 spiro atoms. The van der Waals surface area contributed by atoms with Gasteiger partial charge in [0.1, 0.15) is 0 Å². The number of pyridine rings is 1. The van der Waals surface area contributed by atoms with Crippen molar-refractivity contribution in [1.82, 2.24) is 4.98 Å². The summed E-state index contributed by atoms with van der Waals surface area (Å²) in [5.74, 6) is 0.668. The lowest BCUT2D eigenvalue weighted by atomic mass is 9.96. The predicted octanol–water partition coefficient (Wildman–Crippen LogP) is 4.01. The minimum absolute atomic E-state index is 0.668. The molecule has 1 nitrogen and oxygen atoms in total. The molecule has 0 amide bonds. The van der Waals surface area contributed by atoms with Crippen molar-refractivity contribution in [3.05, 3.63) is 60.5 Å². The first kappa shape index (κ1) is 10.9. The summed E-state index contributed by atoms with van der Waals surface area (Å²) in [7, 11) is 0. The second kappa shape index (κ2) is 5.45. The Kier molecular flexibility index (Phi) is 3.71. The van der Waals surface area contributed by atoms with E-state index in [0.29, 0.717) is 5.92 Å². The third-order valence-electron chi connectivity index (χ3n) is 2.94. The molecule has 0 saturated carbocycles. The van der Waals surface area contributed by atoms with E-state index in [9.17, 15) is 0 Å². The Labute approximate surface area is 97.2 Å². The highest BCUT2D eigenvalue weighted by Gasteiger charge is 2.02. The fourth-order valence-electron chi connectivity index (χ4n) is 1.84. The zero-order chi connectivity index (χ0) is 11.2. The summed E-state index contributed by atoms with van der Waals surface area (Å²) in [5, 5.41) is 0. The minimum atomic E-state index is 0.668. The van der Waals surface area contributed by atoms with Crippen LogP contribution in [0.25, 0.3) is 5.57 Å². The molecule has 0 bridgehead atoms. The average Bonchev–Trinajstić information content (AvgIpc) is 2.30. The third kappa shape index (κ3) is 2.69. The van der Waals surface area contributed by atoms with Crippen molar-refractivity contribution >= 4 is 5.57 Å². The zero-order valence-electron chi connectivity index (χ0n) is 9.63. The molecule has 0 fully saturated rings. The molecule has 1 heterocycles. The van der Waals surface area contributed by atoms with E-state index >= 15 is 0 Å². The molecule has 1 unspecified atom stereocenters. The molecule has 2 rings (SSSR count). The van der Waals surface area contributed by atoms with Crippen LogP contribution in [0.2, 0.25) is 0 Å². The molecular weight excluding hydrogens is 194 g/mol. The van der Waals surface area contributed by atoms with Gasteiger partial charge in [0.15, 0.2) is 0 Å². The second-order valence-electron chi connectivity index (χ2n) is 4.05. The van der Waals surface area contributed by atoms with E-state index in [0.717, 1.165) is 6.42 Å². The Balaban J connectivity index is 2.27. The lowest BCUT2D eigenvalue weighted by molar-refractivity contribution is 0.638. The molecule has 1 atom stereocenters. The summed E-state index contributed by atoms with van der Waals surface area (Å²) < 4.78 is 0. The minimum Gasteiger partial charge on any atom is -0.265 e. The smallest absolute Gasteiger partial charge is 0.0273 e. The van der Waals surface area contributed by atoms with E-state index in [2.05, 4.69) is 42.3 Å². The maximum absolute atomic E-state index is 4.04. The number of hydrogen-bond acceptors (Lipinski definition) is 1. The van der Waals surface area contributed by atoms with E-state index in [1.54, 1.807) is 0 Å². The van der Waals surface area contributed by atoms with Gasteiger partial charge in [-0.25, -0.2) is 0 Å². The summed E-state index contributed by atoms with van der Waals surface area (Å²) in [4.78, 5) is 4.04. The molecule has 16 heavy (non-hydrogen) atoms. The van der Waals surface area contributed by atoms with E-state index in [1.165, 1.54) is 17.6 Å². The quantitative estimate of drug-likeness (QED) is 0.720. The average molecular weight is 211 g/mol. The Bertz CT molecular complexity index is 412. The maximum Gasteiger partial charge on any atom is 0.0273 e. The van der Waals surface area contributed by atoms with Crippen LogP contribution in [0, 0.1) is 5.92 Å². The van der Waals surface area contributed by atoms with Crippen molar-refractivity contribution in [2.45, 2.75) is 19.8 Å². The van der Waals surface area contributed by atoms with E-state index in [4.69, 9.17) is 0 Å². The van der Waals surface area contributed by atoms with Crippen LogP contribution in [-0.2, 0) is 0 Å². The largest absolute Gasteiger partial charge is 0.265 e. The highest BCUT2D eigenvalue weighted by Crippen LogP contribution is 2.20. The number of hydrogen-bond donors (Lipinski definition) is 0. The van der Waals surface area contributed by atoms with Crippen LogP contribution in [0.15, 0.2) is 54.9 Å². The Hall–Kier alpha value is -1.63. The topological polar surface area (TPSA) is 12.9 Å². The van der Waals surface area contributed by atoms with Crippen LogP contribution in [0.5, 0.6) is 0 Å². The normalized spacial score (nSPS) is 20.1. The number of aromatic nitrogens is 1. The maximum atomic E-state index is 4.04. The van der Waals surface area contributed by atoms with Gasteiger partial charge < -0.3 is 0 Å². The molecule has 0 aromatic carbocycles. The van der Waals surface area contributed by atoms with Crippen molar-refractivity contribution in [2.75, 3.05) is 0 Å². The van der Waals surface area contributed by atoms with Gasteiger partial charge in [0, 0.05) is 12.4 Å². The van der Waals surface area contributed by atoms with Crippen LogP contribution in [0.1, 0.15) is 25.3 Å². The molecule has 1 heteroatoms. The molecule has 0 N–H and O–H groups in total. The van der Waals surface area contributed by atoms with Crippen LogP contribution in [-0.4, -0.2) is 4.98 Å². The molecule has 0 aliphatic heterocycles. The van der Waals surface area contributed by atoms with Crippen molar-refractivity contribution in [2.24, 2.45) is 5.92 Å². The molecule has 1 aromatic heterocycles. The molecular formula is C15H17N. The lowest BCUT2D eigenvalue weighted by Gasteiger charge is -2.09. The zero-order valence-corrected chi connectivity index (χ0v) is 9.63. The Morgan fingerprint density at radius 1 is 1.31 bits per heavy atom. The molecule has 1 aliphatic rings. The monoisotopic (exact) mass is 211 g/mol. The highest BCUT2D eigenvalue weighted by atomic mass is 14.6. The first-order valence-electron chi connectivity index (χ1n) is 5.85. The number of rotatable bonds is 2. The summed E-state index contributed by atoms with van der Waals surface area (Å²) >= 11 is 0. The van der Waals surface area contributed by atoms with E-state index in [-0.39, 0.29) is 0 Å². The first-order chi connectivity index (χ1) is 7.90. The molecule has 0 saturated heterocycles.